The number of nitrogens with one attached hydrogen (secondary N) is 2. The molecular weight excluding hydrogens is 318 g/mol. The summed E-state index contributed by atoms with van der Waals surface area (Å²) in [6.45, 7) is 4.41. The largest absolute Gasteiger partial charge is 0.492 e. The molecule has 1 fully saturated rings. The van der Waals surface area contributed by atoms with Crippen LogP contribution in [0.25, 0.3) is 0 Å². The van der Waals surface area contributed by atoms with Crippen LogP contribution in [-0.2, 0) is 0 Å². The SMILES string of the molecule is CCOc1ccccc1NC(=O)Nc1cnc(N2CCCCC2)nc1. The molecule has 3 rings (SSSR count). The number of piperidine rings is 1. The molecule has 2 amide bonds. The standard InChI is InChI=1S/C18H23N5O2/c1-2-25-16-9-5-4-8-15(16)22-18(24)21-14-12-19-17(20-13-14)23-10-6-3-7-11-23/h4-5,8-9,12-13H,2-3,6-7,10-11H2,1H3,(H2,21,22,24). The second kappa shape index (κ2) is 8.32. The van der Waals surface area contributed by atoms with Crippen molar-refractivity contribution in [3.8, 4) is 5.75 Å². The van der Waals surface area contributed by atoms with Crippen LogP contribution in [0, 0.1) is 0 Å². The van der Waals surface area contributed by atoms with Crippen molar-refractivity contribution >= 4 is 23.4 Å². The Labute approximate surface area is 147 Å². The summed E-state index contributed by atoms with van der Waals surface area (Å²) in [4.78, 5) is 23.1. The molecule has 2 aromatic rings. The van der Waals surface area contributed by atoms with Crippen LogP contribution in [0.4, 0.5) is 22.1 Å². The lowest BCUT2D eigenvalue weighted by atomic mass is 10.1. The molecule has 1 aromatic heterocycles. The first kappa shape index (κ1) is 17.0. The third-order valence-corrected chi connectivity index (χ3v) is 3.97. The molecule has 0 radical (unpaired) electrons. The fourth-order valence-electron chi connectivity index (χ4n) is 2.78. The highest BCUT2D eigenvalue weighted by molar-refractivity contribution is 6.00. The van der Waals surface area contributed by atoms with Gasteiger partial charge in [0, 0.05) is 13.1 Å². The first-order valence-electron chi connectivity index (χ1n) is 8.63. The van der Waals surface area contributed by atoms with Gasteiger partial charge in [0.05, 0.1) is 30.4 Å². The molecule has 2 heterocycles. The quantitative estimate of drug-likeness (QED) is 0.870. The number of carbonyl (C=O) groups is 1. The van der Waals surface area contributed by atoms with Crippen molar-refractivity contribution in [2.45, 2.75) is 26.2 Å². The summed E-state index contributed by atoms with van der Waals surface area (Å²) in [5.74, 6) is 1.35. The maximum Gasteiger partial charge on any atom is 0.323 e. The number of hydrogen-bond donors (Lipinski definition) is 2. The molecule has 0 atom stereocenters. The number of aromatic nitrogens is 2. The van der Waals surface area contributed by atoms with E-state index < -0.39 is 0 Å². The van der Waals surface area contributed by atoms with Crippen molar-refractivity contribution in [1.29, 1.82) is 0 Å². The fraction of sp³-hybridized carbons (Fsp3) is 0.389. The number of para-hydroxylation sites is 2. The Balaban J connectivity index is 1.59. The molecule has 1 aliphatic rings. The van der Waals surface area contributed by atoms with Crippen LogP contribution in [0.15, 0.2) is 36.7 Å². The molecule has 0 unspecified atom stereocenters. The van der Waals surface area contributed by atoms with Gasteiger partial charge in [-0.25, -0.2) is 14.8 Å². The highest BCUT2D eigenvalue weighted by Gasteiger charge is 2.13. The van der Waals surface area contributed by atoms with Gasteiger partial charge in [0.25, 0.3) is 0 Å². The smallest absolute Gasteiger partial charge is 0.323 e. The van der Waals surface area contributed by atoms with Crippen molar-refractivity contribution in [2.24, 2.45) is 0 Å². The lowest BCUT2D eigenvalue weighted by molar-refractivity contribution is 0.262. The predicted molar refractivity (Wildman–Crippen MR) is 98.3 cm³/mol. The number of urea groups is 1. The van der Waals surface area contributed by atoms with Crippen LogP contribution in [0.2, 0.25) is 0 Å². The van der Waals surface area contributed by atoms with Crippen molar-refractivity contribution in [3.05, 3.63) is 36.7 Å². The van der Waals surface area contributed by atoms with Gasteiger partial charge in [-0.1, -0.05) is 12.1 Å². The second-order valence-electron chi connectivity index (χ2n) is 5.83. The Morgan fingerprint density at radius 2 is 1.84 bits per heavy atom. The molecule has 2 N–H and O–H groups in total. The Morgan fingerprint density at radius 3 is 2.56 bits per heavy atom. The summed E-state index contributed by atoms with van der Waals surface area (Å²) in [7, 11) is 0. The van der Waals surface area contributed by atoms with E-state index in [1.54, 1.807) is 18.5 Å². The fourth-order valence-corrected chi connectivity index (χ4v) is 2.78. The van der Waals surface area contributed by atoms with Crippen molar-refractivity contribution < 1.29 is 9.53 Å². The molecule has 25 heavy (non-hydrogen) atoms. The van der Waals surface area contributed by atoms with Crippen LogP contribution in [-0.4, -0.2) is 35.7 Å². The predicted octanol–water partition coefficient (Wildman–Crippen LogP) is 3.51. The normalized spacial score (nSPS) is 14.0. The zero-order valence-electron chi connectivity index (χ0n) is 14.4. The number of carbonyl (C=O) groups excluding carboxylic acids is 1. The van der Waals surface area contributed by atoms with Crippen LogP contribution in [0.5, 0.6) is 5.75 Å². The van der Waals surface area contributed by atoms with Gasteiger partial charge in [0.1, 0.15) is 5.75 Å². The van der Waals surface area contributed by atoms with Crippen LogP contribution < -0.4 is 20.3 Å². The Bertz CT molecular complexity index is 699. The lowest BCUT2D eigenvalue weighted by Gasteiger charge is -2.26. The van der Waals surface area contributed by atoms with E-state index >= 15 is 0 Å². The summed E-state index contributed by atoms with van der Waals surface area (Å²) in [6, 6.07) is 6.95. The highest BCUT2D eigenvalue weighted by atomic mass is 16.5. The van der Waals surface area contributed by atoms with E-state index in [1.165, 1.54) is 19.3 Å². The van der Waals surface area contributed by atoms with Crippen molar-refractivity contribution in [1.82, 2.24) is 9.97 Å². The van der Waals surface area contributed by atoms with Crippen LogP contribution >= 0.6 is 0 Å². The van der Waals surface area contributed by atoms with Gasteiger partial charge in [0.2, 0.25) is 5.95 Å². The molecule has 0 aliphatic carbocycles. The number of benzene rings is 1. The average Bonchev–Trinajstić information content (AvgIpc) is 2.65. The Kier molecular flexibility index (Phi) is 5.66. The second-order valence-corrected chi connectivity index (χ2v) is 5.83. The number of rotatable bonds is 5. The molecule has 1 aromatic carbocycles. The van der Waals surface area contributed by atoms with Crippen molar-refractivity contribution in [2.75, 3.05) is 35.2 Å². The molecule has 132 valence electrons. The third kappa shape index (κ3) is 4.59. The monoisotopic (exact) mass is 341 g/mol. The van der Waals surface area contributed by atoms with Gasteiger partial charge in [-0.2, -0.15) is 0 Å². The number of ether oxygens (including phenoxy) is 1. The van der Waals surface area contributed by atoms with E-state index in [-0.39, 0.29) is 6.03 Å². The highest BCUT2D eigenvalue weighted by Crippen LogP contribution is 2.24. The van der Waals surface area contributed by atoms with Crippen LogP contribution in [0.1, 0.15) is 26.2 Å². The van der Waals surface area contributed by atoms with Gasteiger partial charge < -0.3 is 20.3 Å². The average molecular weight is 341 g/mol. The Morgan fingerprint density at radius 1 is 1.12 bits per heavy atom. The van der Waals surface area contributed by atoms with Gasteiger partial charge in [-0.3, -0.25) is 0 Å². The van der Waals surface area contributed by atoms with E-state index in [2.05, 4.69) is 25.5 Å². The number of anilines is 3. The van der Waals surface area contributed by atoms with E-state index in [4.69, 9.17) is 4.74 Å². The zero-order chi connectivity index (χ0) is 17.5. The first-order valence-corrected chi connectivity index (χ1v) is 8.63. The van der Waals surface area contributed by atoms with Crippen molar-refractivity contribution in [3.63, 3.8) is 0 Å². The van der Waals surface area contributed by atoms with Gasteiger partial charge >= 0.3 is 6.03 Å². The molecule has 1 aliphatic heterocycles. The lowest BCUT2D eigenvalue weighted by Crippen LogP contribution is -2.31. The summed E-state index contributed by atoms with van der Waals surface area (Å²) in [5, 5.41) is 5.52. The molecule has 7 heteroatoms. The van der Waals surface area contributed by atoms with E-state index in [1.807, 2.05) is 25.1 Å². The molecule has 7 nitrogen and oxygen atoms in total. The van der Waals surface area contributed by atoms with E-state index in [0.29, 0.717) is 29.7 Å². The maximum absolute atomic E-state index is 12.2. The minimum atomic E-state index is -0.360. The topological polar surface area (TPSA) is 79.4 Å². The van der Waals surface area contributed by atoms with E-state index in [9.17, 15) is 4.79 Å². The van der Waals surface area contributed by atoms with E-state index in [0.717, 1.165) is 13.1 Å². The molecule has 0 saturated carbocycles. The summed E-state index contributed by atoms with van der Waals surface area (Å²) < 4.78 is 5.50. The van der Waals surface area contributed by atoms with Gasteiger partial charge in [0.15, 0.2) is 0 Å². The van der Waals surface area contributed by atoms with Crippen LogP contribution in [0.3, 0.4) is 0 Å². The van der Waals surface area contributed by atoms with Gasteiger partial charge in [-0.15, -0.1) is 0 Å². The molecule has 0 bridgehead atoms. The maximum atomic E-state index is 12.2. The summed E-state index contributed by atoms with van der Waals surface area (Å²) in [6.07, 6.45) is 6.87. The zero-order valence-corrected chi connectivity index (χ0v) is 14.4. The van der Waals surface area contributed by atoms with Gasteiger partial charge in [-0.05, 0) is 38.3 Å². The minimum absolute atomic E-state index is 0.360. The third-order valence-electron chi connectivity index (χ3n) is 3.97. The number of nitrogens with zero attached hydrogens (tertiary/aromatic N) is 3. The number of amides is 2. The summed E-state index contributed by atoms with van der Waals surface area (Å²) in [5.41, 5.74) is 1.17. The minimum Gasteiger partial charge on any atom is -0.492 e. The molecule has 1 saturated heterocycles. The molecule has 0 spiro atoms. The molecular formula is C18H23N5O2. The first-order chi connectivity index (χ1) is 12.3. The Hall–Kier alpha value is -2.83. The summed E-state index contributed by atoms with van der Waals surface area (Å²) >= 11 is 0. The number of hydrogen-bond acceptors (Lipinski definition) is 5.